The molecule has 19 heavy (non-hydrogen) atoms. The lowest BCUT2D eigenvalue weighted by atomic mass is 10.3. The van der Waals surface area contributed by atoms with Gasteiger partial charge < -0.3 is 14.8 Å². The highest BCUT2D eigenvalue weighted by Gasteiger charge is 2.27. The predicted molar refractivity (Wildman–Crippen MR) is 67.7 cm³/mol. The number of carbonyl (C=O) groups excluding carboxylic acids is 2. The quantitative estimate of drug-likeness (QED) is 0.726. The maximum Gasteiger partial charge on any atom is 0.320 e. The second kappa shape index (κ2) is 5.09. The lowest BCUT2D eigenvalue weighted by molar-refractivity contribution is -0.126. The van der Waals surface area contributed by atoms with Gasteiger partial charge in [0.2, 0.25) is 11.7 Å². The molecule has 1 saturated heterocycles. The lowest BCUT2D eigenvalue weighted by Gasteiger charge is -2.12. The average Bonchev–Trinajstić information content (AvgIpc) is 2.64. The second-order valence-electron chi connectivity index (χ2n) is 4.47. The van der Waals surface area contributed by atoms with Gasteiger partial charge in [-0.3, -0.25) is 14.9 Å². The molecule has 1 aliphatic heterocycles. The zero-order chi connectivity index (χ0) is 14.0. The number of aromatic nitrogens is 2. The Bertz CT molecular complexity index is 568. The number of likely N-dealkylation sites (tertiary alicyclic amines) is 1. The van der Waals surface area contributed by atoms with Gasteiger partial charge in [-0.1, -0.05) is 0 Å². The highest BCUT2D eigenvalue weighted by molar-refractivity contribution is 5.89. The number of anilines is 1. The van der Waals surface area contributed by atoms with Crippen LogP contribution >= 0.6 is 0 Å². The Balaban J connectivity index is 1.97. The molecule has 8 heteroatoms. The molecule has 0 spiro atoms. The topological polar surface area (TPSA) is 96.3 Å². The van der Waals surface area contributed by atoms with Crippen LogP contribution in [0.3, 0.4) is 0 Å². The van der Waals surface area contributed by atoms with Crippen LogP contribution in [0.2, 0.25) is 0 Å². The summed E-state index contributed by atoms with van der Waals surface area (Å²) in [7, 11) is 3.24. The van der Waals surface area contributed by atoms with Gasteiger partial charge in [0.1, 0.15) is 0 Å². The van der Waals surface area contributed by atoms with Gasteiger partial charge in [-0.2, -0.15) is 0 Å². The van der Waals surface area contributed by atoms with Crippen molar-refractivity contribution < 1.29 is 9.59 Å². The van der Waals surface area contributed by atoms with E-state index in [1.54, 1.807) is 19.0 Å². The van der Waals surface area contributed by atoms with Crippen molar-refractivity contribution in [2.45, 2.75) is 12.5 Å². The summed E-state index contributed by atoms with van der Waals surface area (Å²) in [5, 5.41) is 5.02. The summed E-state index contributed by atoms with van der Waals surface area (Å²) >= 11 is 0. The first-order valence-electron chi connectivity index (χ1n) is 5.80. The first kappa shape index (κ1) is 13.1. The number of hydrogen-bond donors (Lipinski definition) is 2. The van der Waals surface area contributed by atoms with Crippen molar-refractivity contribution in [2.24, 2.45) is 7.05 Å². The third-order valence-corrected chi connectivity index (χ3v) is 2.93. The largest absolute Gasteiger partial charge is 0.344 e. The van der Waals surface area contributed by atoms with Crippen LogP contribution in [0.5, 0.6) is 0 Å². The molecular weight excluding hydrogens is 250 g/mol. The van der Waals surface area contributed by atoms with E-state index in [0.717, 1.165) is 0 Å². The van der Waals surface area contributed by atoms with Crippen LogP contribution in [-0.4, -0.2) is 46.0 Å². The van der Waals surface area contributed by atoms with Crippen molar-refractivity contribution in [2.75, 3.05) is 18.9 Å². The number of nitrogens with zero attached hydrogens (tertiary/aromatic N) is 3. The van der Waals surface area contributed by atoms with E-state index < -0.39 is 11.6 Å². The van der Waals surface area contributed by atoms with Crippen molar-refractivity contribution in [1.29, 1.82) is 0 Å². The molecular formula is C11H15N5O3. The van der Waals surface area contributed by atoms with Crippen molar-refractivity contribution in [3.05, 3.63) is 22.7 Å². The van der Waals surface area contributed by atoms with E-state index in [1.807, 2.05) is 0 Å². The molecule has 102 valence electrons. The van der Waals surface area contributed by atoms with Crippen LogP contribution in [-0.2, 0) is 11.8 Å². The molecule has 0 aliphatic carbocycles. The zero-order valence-corrected chi connectivity index (χ0v) is 10.7. The highest BCUT2D eigenvalue weighted by Crippen LogP contribution is 2.08. The Morgan fingerprint density at radius 2 is 2.16 bits per heavy atom. The minimum Gasteiger partial charge on any atom is -0.344 e. The Kier molecular flexibility index (Phi) is 3.50. The van der Waals surface area contributed by atoms with E-state index >= 15 is 0 Å². The Hall–Kier alpha value is -2.38. The summed E-state index contributed by atoms with van der Waals surface area (Å²) in [5.41, 5.74) is -0.391. The summed E-state index contributed by atoms with van der Waals surface area (Å²) in [4.78, 5) is 40.0. The average molecular weight is 265 g/mol. The molecule has 2 heterocycles. The fourth-order valence-corrected chi connectivity index (χ4v) is 1.87. The van der Waals surface area contributed by atoms with Gasteiger partial charge in [0.25, 0.3) is 5.56 Å². The Labute approximate surface area is 109 Å². The molecule has 0 bridgehead atoms. The smallest absolute Gasteiger partial charge is 0.320 e. The SMILES string of the molecule is CN1CC(NC(=O)Nc2nccn(C)c2=O)CC1=O. The number of hydrogen-bond acceptors (Lipinski definition) is 4. The zero-order valence-electron chi connectivity index (χ0n) is 10.7. The van der Waals surface area contributed by atoms with Crippen molar-refractivity contribution in [3.8, 4) is 0 Å². The number of rotatable bonds is 2. The van der Waals surface area contributed by atoms with Crippen LogP contribution < -0.4 is 16.2 Å². The van der Waals surface area contributed by atoms with Gasteiger partial charge >= 0.3 is 6.03 Å². The third-order valence-electron chi connectivity index (χ3n) is 2.93. The van der Waals surface area contributed by atoms with E-state index in [0.29, 0.717) is 6.54 Å². The standard InChI is InChI=1S/C11H15N5O3/c1-15-4-3-12-9(10(15)18)14-11(19)13-7-5-8(17)16(2)6-7/h3-4,7H,5-6H2,1-2H3,(H2,12,13,14,19). The van der Waals surface area contributed by atoms with Gasteiger partial charge in [-0.05, 0) is 0 Å². The fourth-order valence-electron chi connectivity index (χ4n) is 1.87. The van der Waals surface area contributed by atoms with Crippen molar-refractivity contribution >= 4 is 17.8 Å². The van der Waals surface area contributed by atoms with E-state index in [-0.39, 0.29) is 24.2 Å². The summed E-state index contributed by atoms with van der Waals surface area (Å²) in [6.45, 7) is 0.465. The Morgan fingerprint density at radius 1 is 1.42 bits per heavy atom. The molecule has 1 aromatic heterocycles. The van der Waals surface area contributed by atoms with E-state index in [1.165, 1.54) is 17.0 Å². The number of carbonyl (C=O) groups is 2. The Morgan fingerprint density at radius 3 is 2.79 bits per heavy atom. The minimum atomic E-state index is -0.538. The van der Waals surface area contributed by atoms with Gasteiger partial charge in [-0.25, -0.2) is 9.78 Å². The maximum atomic E-state index is 11.7. The molecule has 2 N–H and O–H groups in total. The summed E-state index contributed by atoms with van der Waals surface area (Å²) in [5.74, 6) is -0.0563. The van der Waals surface area contributed by atoms with Crippen molar-refractivity contribution in [3.63, 3.8) is 0 Å². The van der Waals surface area contributed by atoms with Crippen LogP contribution in [0.1, 0.15) is 6.42 Å². The van der Waals surface area contributed by atoms with Crippen molar-refractivity contribution in [1.82, 2.24) is 19.8 Å². The molecule has 0 aromatic carbocycles. The van der Waals surface area contributed by atoms with Crippen LogP contribution in [0.4, 0.5) is 10.6 Å². The molecule has 0 radical (unpaired) electrons. The highest BCUT2D eigenvalue weighted by atomic mass is 16.2. The number of nitrogens with one attached hydrogen (secondary N) is 2. The molecule has 0 saturated carbocycles. The van der Waals surface area contributed by atoms with E-state index in [4.69, 9.17) is 0 Å². The maximum absolute atomic E-state index is 11.7. The minimum absolute atomic E-state index is 0.0148. The fraction of sp³-hybridized carbons (Fsp3) is 0.455. The third kappa shape index (κ3) is 2.90. The molecule has 1 aromatic rings. The molecule has 1 unspecified atom stereocenters. The first-order valence-corrected chi connectivity index (χ1v) is 5.80. The monoisotopic (exact) mass is 265 g/mol. The number of amides is 3. The summed E-state index contributed by atoms with van der Waals surface area (Å²) < 4.78 is 1.31. The van der Waals surface area contributed by atoms with E-state index in [9.17, 15) is 14.4 Å². The van der Waals surface area contributed by atoms with Crippen LogP contribution in [0, 0.1) is 0 Å². The number of aryl methyl sites for hydroxylation is 1. The number of likely N-dealkylation sites (N-methyl/N-ethyl adjacent to an activating group) is 1. The van der Waals surface area contributed by atoms with Gasteiger partial charge in [0.15, 0.2) is 0 Å². The van der Waals surface area contributed by atoms with Crippen LogP contribution in [0.15, 0.2) is 17.2 Å². The lowest BCUT2D eigenvalue weighted by Crippen LogP contribution is -2.40. The molecule has 1 atom stereocenters. The van der Waals surface area contributed by atoms with Crippen LogP contribution in [0.25, 0.3) is 0 Å². The summed E-state index contributed by atoms with van der Waals surface area (Å²) in [6, 6.07) is -0.783. The van der Waals surface area contributed by atoms with Gasteiger partial charge in [-0.15, -0.1) is 0 Å². The predicted octanol–water partition coefficient (Wildman–Crippen LogP) is -0.868. The second-order valence-corrected chi connectivity index (χ2v) is 4.47. The normalized spacial score (nSPS) is 18.5. The molecule has 1 aliphatic rings. The molecule has 2 rings (SSSR count). The molecule has 1 fully saturated rings. The van der Waals surface area contributed by atoms with Gasteiger partial charge in [0, 0.05) is 39.5 Å². The molecule has 3 amide bonds. The number of urea groups is 1. The van der Waals surface area contributed by atoms with E-state index in [2.05, 4.69) is 15.6 Å². The molecule has 8 nitrogen and oxygen atoms in total. The first-order chi connectivity index (χ1) is 8.97. The van der Waals surface area contributed by atoms with Gasteiger partial charge in [0.05, 0.1) is 6.04 Å². The summed E-state index contributed by atoms with van der Waals surface area (Å²) in [6.07, 6.45) is 3.18.